The highest BCUT2D eigenvalue weighted by Crippen LogP contribution is 2.36. The first kappa shape index (κ1) is 17.9. The van der Waals surface area contributed by atoms with Crippen molar-refractivity contribution in [3.05, 3.63) is 23.9 Å². The molecule has 128 valence electrons. The van der Waals surface area contributed by atoms with E-state index in [4.69, 9.17) is 9.16 Å². The summed E-state index contributed by atoms with van der Waals surface area (Å²) in [5, 5.41) is 0. The topological polar surface area (TPSA) is 55.8 Å². The Labute approximate surface area is 139 Å². The van der Waals surface area contributed by atoms with E-state index in [1.807, 2.05) is 12.2 Å². The maximum absolute atomic E-state index is 12.6. The van der Waals surface area contributed by atoms with E-state index in [1.54, 1.807) is 11.8 Å². The van der Waals surface area contributed by atoms with Crippen LogP contribution in [0, 0.1) is 5.92 Å². The van der Waals surface area contributed by atoms with Gasteiger partial charge < -0.3 is 14.1 Å². The summed E-state index contributed by atoms with van der Waals surface area (Å²) in [5.74, 6) is -1.04. The van der Waals surface area contributed by atoms with Gasteiger partial charge in [-0.2, -0.15) is 0 Å². The van der Waals surface area contributed by atoms with Crippen LogP contribution in [0.25, 0.3) is 0 Å². The molecule has 1 aliphatic heterocycles. The van der Waals surface area contributed by atoms with Crippen LogP contribution < -0.4 is 0 Å². The number of ether oxygens (including phenoxy) is 1. The first-order valence-corrected chi connectivity index (χ1v) is 11.7. The molecule has 0 aromatic rings. The maximum Gasteiger partial charge on any atom is 0.397 e. The predicted octanol–water partition coefficient (Wildman–Crippen LogP) is 2.85. The van der Waals surface area contributed by atoms with Crippen molar-refractivity contribution in [3.63, 3.8) is 0 Å². The van der Waals surface area contributed by atoms with Gasteiger partial charge in [0.05, 0.1) is 19.3 Å². The highest BCUT2D eigenvalue weighted by Gasteiger charge is 2.39. The SMILES string of the molecule is CCOC(=O)C(=O)N1C2=CC=CCC2CCC1CO[Si](C)(C)C. The molecule has 2 atom stereocenters. The predicted molar refractivity (Wildman–Crippen MR) is 91.1 cm³/mol. The number of fused-ring (bicyclic) bond motifs is 1. The Bertz CT molecular complexity index is 521. The molecular weight excluding hydrogens is 310 g/mol. The van der Waals surface area contributed by atoms with Gasteiger partial charge in [-0.25, -0.2) is 4.79 Å². The summed E-state index contributed by atoms with van der Waals surface area (Å²) in [5.41, 5.74) is 0.931. The van der Waals surface area contributed by atoms with Crippen LogP contribution in [0.5, 0.6) is 0 Å². The largest absolute Gasteiger partial charge is 0.459 e. The van der Waals surface area contributed by atoms with Crippen LogP contribution in [-0.2, 0) is 18.8 Å². The van der Waals surface area contributed by atoms with Crippen molar-refractivity contribution < 1.29 is 18.8 Å². The molecular formula is C17H27NO4Si. The number of rotatable bonds is 4. The fraction of sp³-hybridized carbons (Fsp3) is 0.647. The first-order chi connectivity index (χ1) is 10.8. The van der Waals surface area contributed by atoms with Crippen LogP contribution in [0.4, 0.5) is 0 Å². The second-order valence-corrected chi connectivity index (χ2v) is 11.5. The lowest BCUT2D eigenvalue weighted by Gasteiger charge is -2.42. The molecule has 2 unspecified atom stereocenters. The molecule has 0 spiro atoms. The molecule has 1 aliphatic carbocycles. The molecule has 1 saturated heterocycles. The average molecular weight is 337 g/mol. The number of piperidine rings is 1. The number of carbonyl (C=O) groups is 2. The number of amides is 1. The highest BCUT2D eigenvalue weighted by molar-refractivity contribution is 6.69. The number of likely N-dealkylation sites (tertiary alicyclic amines) is 1. The summed E-state index contributed by atoms with van der Waals surface area (Å²) in [6.45, 7) is 8.76. The van der Waals surface area contributed by atoms with Crippen molar-refractivity contribution in [2.75, 3.05) is 13.2 Å². The molecule has 0 aromatic heterocycles. The van der Waals surface area contributed by atoms with Gasteiger partial charge in [0.15, 0.2) is 8.32 Å². The summed E-state index contributed by atoms with van der Waals surface area (Å²) < 4.78 is 10.9. The smallest absolute Gasteiger partial charge is 0.397 e. The number of hydrogen-bond donors (Lipinski definition) is 0. The summed E-state index contributed by atoms with van der Waals surface area (Å²) in [4.78, 5) is 26.2. The van der Waals surface area contributed by atoms with Gasteiger partial charge in [0.25, 0.3) is 0 Å². The molecule has 1 heterocycles. The van der Waals surface area contributed by atoms with Gasteiger partial charge in [0, 0.05) is 11.6 Å². The number of hydrogen-bond acceptors (Lipinski definition) is 4. The summed E-state index contributed by atoms with van der Waals surface area (Å²) in [7, 11) is -1.68. The molecule has 0 aromatic carbocycles. The zero-order valence-corrected chi connectivity index (χ0v) is 15.5. The van der Waals surface area contributed by atoms with Crippen LogP contribution in [-0.4, -0.2) is 44.3 Å². The van der Waals surface area contributed by atoms with Crippen molar-refractivity contribution in [1.82, 2.24) is 4.90 Å². The molecule has 5 nitrogen and oxygen atoms in total. The molecule has 0 bridgehead atoms. The molecule has 0 saturated carbocycles. The quantitative estimate of drug-likeness (QED) is 0.450. The van der Waals surface area contributed by atoms with E-state index < -0.39 is 20.2 Å². The monoisotopic (exact) mass is 337 g/mol. The van der Waals surface area contributed by atoms with Crippen molar-refractivity contribution in [2.24, 2.45) is 5.92 Å². The molecule has 6 heteroatoms. The van der Waals surface area contributed by atoms with E-state index in [0.717, 1.165) is 25.0 Å². The standard InChI is InChI=1S/C17H27NO4Si/c1-5-21-17(20)16(19)18-14(12-22-23(2,3)4)11-10-13-8-6-7-9-15(13)18/h6-7,9,13-14H,5,8,10-12H2,1-4H3. The minimum Gasteiger partial charge on any atom is -0.459 e. The second kappa shape index (κ2) is 7.44. The Balaban J connectivity index is 2.22. The zero-order chi connectivity index (χ0) is 17.0. The van der Waals surface area contributed by atoms with Gasteiger partial charge in [0.1, 0.15) is 0 Å². The second-order valence-electron chi connectivity index (χ2n) is 7.00. The van der Waals surface area contributed by atoms with Gasteiger partial charge in [-0.15, -0.1) is 0 Å². The lowest BCUT2D eigenvalue weighted by molar-refractivity contribution is -0.161. The van der Waals surface area contributed by atoms with Crippen LogP contribution in [0.15, 0.2) is 23.9 Å². The van der Waals surface area contributed by atoms with Crippen LogP contribution in [0.2, 0.25) is 19.6 Å². The normalized spacial score (nSPS) is 24.0. The van der Waals surface area contributed by atoms with Crippen LogP contribution in [0.1, 0.15) is 26.2 Å². The molecule has 2 rings (SSSR count). The summed E-state index contributed by atoms with van der Waals surface area (Å²) >= 11 is 0. The van der Waals surface area contributed by atoms with Crippen molar-refractivity contribution in [2.45, 2.75) is 51.9 Å². The molecule has 2 aliphatic rings. The molecule has 0 radical (unpaired) electrons. The minimum absolute atomic E-state index is 0.0902. The van der Waals surface area contributed by atoms with Gasteiger partial charge in [-0.3, -0.25) is 4.79 Å². The van der Waals surface area contributed by atoms with Gasteiger partial charge >= 0.3 is 11.9 Å². The Kier molecular flexibility index (Phi) is 5.81. The maximum atomic E-state index is 12.6. The lowest BCUT2D eigenvalue weighted by Crippen LogP contribution is -2.51. The Morgan fingerprint density at radius 1 is 1.30 bits per heavy atom. The Morgan fingerprint density at radius 2 is 2.04 bits per heavy atom. The third-order valence-corrected chi connectivity index (χ3v) is 5.14. The van der Waals surface area contributed by atoms with E-state index in [-0.39, 0.29) is 12.6 Å². The lowest BCUT2D eigenvalue weighted by atomic mass is 9.84. The van der Waals surface area contributed by atoms with E-state index >= 15 is 0 Å². The minimum atomic E-state index is -1.68. The van der Waals surface area contributed by atoms with Crippen LogP contribution in [0.3, 0.4) is 0 Å². The third kappa shape index (κ3) is 4.54. The van der Waals surface area contributed by atoms with Gasteiger partial charge in [0.2, 0.25) is 0 Å². The fourth-order valence-electron chi connectivity index (χ4n) is 3.02. The van der Waals surface area contributed by atoms with Gasteiger partial charge in [-0.05, 0) is 51.9 Å². The molecule has 1 fully saturated rings. The van der Waals surface area contributed by atoms with Crippen LogP contribution >= 0.6 is 0 Å². The number of allylic oxidation sites excluding steroid dienone is 4. The zero-order valence-electron chi connectivity index (χ0n) is 14.5. The molecule has 23 heavy (non-hydrogen) atoms. The number of esters is 1. The van der Waals surface area contributed by atoms with Gasteiger partial charge in [-0.1, -0.05) is 12.2 Å². The molecule has 0 N–H and O–H groups in total. The Morgan fingerprint density at radius 3 is 2.70 bits per heavy atom. The summed E-state index contributed by atoms with van der Waals surface area (Å²) in [6.07, 6.45) is 8.80. The van der Waals surface area contributed by atoms with Crippen molar-refractivity contribution in [1.29, 1.82) is 0 Å². The van der Waals surface area contributed by atoms with E-state index in [2.05, 4.69) is 25.7 Å². The third-order valence-electron chi connectivity index (χ3n) is 4.11. The van der Waals surface area contributed by atoms with Crippen molar-refractivity contribution >= 4 is 20.2 Å². The fourth-order valence-corrected chi connectivity index (χ4v) is 3.71. The number of carbonyl (C=O) groups excluding carboxylic acids is 2. The first-order valence-electron chi connectivity index (χ1n) is 8.34. The molecule has 1 amide bonds. The number of nitrogens with zero attached hydrogens (tertiary/aromatic N) is 1. The highest BCUT2D eigenvalue weighted by atomic mass is 28.4. The Hall–Kier alpha value is -1.40. The van der Waals surface area contributed by atoms with E-state index in [1.165, 1.54) is 0 Å². The van der Waals surface area contributed by atoms with E-state index in [0.29, 0.717) is 12.5 Å². The van der Waals surface area contributed by atoms with Crippen molar-refractivity contribution in [3.8, 4) is 0 Å². The summed E-state index contributed by atoms with van der Waals surface area (Å²) in [6, 6.07) is -0.0902. The van der Waals surface area contributed by atoms with E-state index in [9.17, 15) is 9.59 Å². The average Bonchev–Trinajstić information content (AvgIpc) is 2.51.